The lowest BCUT2D eigenvalue weighted by Crippen LogP contribution is -2.62. The fourth-order valence-corrected chi connectivity index (χ4v) is 4.30. The average molecular weight is 292 g/mol. The minimum absolute atomic E-state index is 0.186. The van der Waals surface area contributed by atoms with Crippen LogP contribution in [0, 0.1) is 11.8 Å². The van der Waals surface area contributed by atoms with Crippen molar-refractivity contribution in [3.8, 4) is 0 Å². The van der Waals surface area contributed by atoms with Gasteiger partial charge in [0.05, 0.1) is 5.92 Å². The van der Waals surface area contributed by atoms with Crippen molar-refractivity contribution in [3.05, 3.63) is 0 Å². The molecular weight excluding hydrogens is 265 g/mol. The SMILES string of the molecule is CC1CCN(C2(CN)CCCC(C(F)(F)F)C2)C(C)C1. The van der Waals surface area contributed by atoms with E-state index < -0.39 is 17.6 Å². The van der Waals surface area contributed by atoms with E-state index in [1.807, 2.05) is 0 Å². The van der Waals surface area contributed by atoms with E-state index in [-0.39, 0.29) is 12.8 Å². The highest BCUT2D eigenvalue weighted by molar-refractivity contribution is 5.01. The van der Waals surface area contributed by atoms with Crippen LogP contribution in [0.5, 0.6) is 0 Å². The van der Waals surface area contributed by atoms with Crippen molar-refractivity contribution in [2.24, 2.45) is 17.6 Å². The molecule has 1 aliphatic heterocycles. The smallest absolute Gasteiger partial charge is 0.329 e. The second-order valence-electron chi connectivity index (χ2n) is 6.94. The highest BCUT2D eigenvalue weighted by atomic mass is 19.4. The lowest BCUT2D eigenvalue weighted by molar-refractivity contribution is -0.196. The van der Waals surface area contributed by atoms with E-state index in [4.69, 9.17) is 5.73 Å². The third-order valence-corrected chi connectivity index (χ3v) is 5.41. The summed E-state index contributed by atoms with van der Waals surface area (Å²) in [5, 5.41) is 0. The number of halogens is 3. The predicted molar refractivity (Wildman–Crippen MR) is 74.4 cm³/mol. The van der Waals surface area contributed by atoms with Crippen molar-refractivity contribution in [2.75, 3.05) is 13.1 Å². The van der Waals surface area contributed by atoms with E-state index in [2.05, 4.69) is 18.7 Å². The molecule has 1 heterocycles. The van der Waals surface area contributed by atoms with Gasteiger partial charge in [0.15, 0.2) is 0 Å². The Hall–Kier alpha value is -0.290. The Kier molecular flexibility index (Phi) is 4.69. The predicted octanol–water partition coefficient (Wildman–Crippen LogP) is 3.56. The third-order valence-electron chi connectivity index (χ3n) is 5.41. The number of piperidine rings is 1. The number of nitrogens with two attached hydrogens (primary N) is 1. The summed E-state index contributed by atoms with van der Waals surface area (Å²) in [7, 11) is 0. The molecule has 0 bridgehead atoms. The quantitative estimate of drug-likeness (QED) is 0.843. The Morgan fingerprint density at radius 3 is 2.50 bits per heavy atom. The minimum atomic E-state index is -4.08. The van der Waals surface area contributed by atoms with E-state index >= 15 is 0 Å². The highest BCUT2D eigenvalue weighted by Gasteiger charge is 2.50. The highest BCUT2D eigenvalue weighted by Crippen LogP contribution is 2.45. The van der Waals surface area contributed by atoms with Crippen LogP contribution in [0.15, 0.2) is 0 Å². The van der Waals surface area contributed by atoms with Gasteiger partial charge in [0, 0.05) is 18.1 Å². The lowest BCUT2D eigenvalue weighted by Gasteiger charge is -2.53. The molecule has 1 aliphatic carbocycles. The van der Waals surface area contributed by atoms with E-state index in [1.165, 1.54) is 0 Å². The molecule has 0 radical (unpaired) electrons. The number of likely N-dealkylation sites (tertiary alicyclic amines) is 1. The van der Waals surface area contributed by atoms with E-state index in [0.717, 1.165) is 25.8 Å². The Morgan fingerprint density at radius 1 is 1.25 bits per heavy atom. The maximum absolute atomic E-state index is 13.1. The Morgan fingerprint density at radius 2 is 1.95 bits per heavy atom. The second kappa shape index (κ2) is 5.84. The van der Waals surface area contributed by atoms with Gasteiger partial charge in [-0.2, -0.15) is 13.2 Å². The first kappa shape index (κ1) is 16.1. The number of hydrogen-bond donors (Lipinski definition) is 1. The number of alkyl halides is 3. The fourth-order valence-electron chi connectivity index (χ4n) is 4.30. The Labute approximate surface area is 119 Å². The zero-order valence-corrected chi connectivity index (χ0v) is 12.5. The Bertz CT molecular complexity index is 332. The van der Waals surface area contributed by atoms with Gasteiger partial charge >= 0.3 is 6.18 Å². The number of nitrogens with zero attached hydrogens (tertiary/aromatic N) is 1. The first-order valence-corrected chi connectivity index (χ1v) is 7.82. The van der Waals surface area contributed by atoms with Crippen molar-refractivity contribution in [1.29, 1.82) is 0 Å². The summed E-state index contributed by atoms with van der Waals surface area (Å²) in [6.45, 7) is 5.61. The molecule has 2 aliphatic rings. The molecule has 1 saturated heterocycles. The molecular formula is C15H27F3N2. The summed E-state index contributed by atoms with van der Waals surface area (Å²) in [5.74, 6) is -0.510. The summed E-state index contributed by atoms with van der Waals surface area (Å²) >= 11 is 0. The molecule has 0 aromatic rings. The van der Waals surface area contributed by atoms with Crippen LogP contribution in [0.25, 0.3) is 0 Å². The number of rotatable bonds is 2. The van der Waals surface area contributed by atoms with Gasteiger partial charge in [0.25, 0.3) is 0 Å². The zero-order chi connectivity index (χ0) is 15.0. The molecule has 20 heavy (non-hydrogen) atoms. The van der Waals surface area contributed by atoms with Crippen LogP contribution in [-0.2, 0) is 0 Å². The normalized spacial score (nSPS) is 40.8. The molecule has 2 nitrogen and oxygen atoms in total. The topological polar surface area (TPSA) is 29.3 Å². The summed E-state index contributed by atoms with van der Waals surface area (Å²) in [5.41, 5.74) is 5.53. The third kappa shape index (κ3) is 3.14. The summed E-state index contributed by atoms with van der Waals surface area (Å²) < 4.78 is 39.3. The van der Waals surface area contributed by atoms with Crippen LogP contribution in [0.2, 0.25) is 0 Å². The van der Waals surface area contributed by atoms with Gasteiger partial charge in [-0.15, -0.1) is 0 Å². The number of hydrogen-bond acceptors (Lipinski definition) is 2. The molecule has 0 spiro atoms. The molecule has 4 unspecified atom stereocenters. The second-order valence-corrected chi connectivity index (χ2v) is 6.94. The fraction of sp³-hybridized carbons (Fsp3) is 1.00. The van der Waals surface area contributed by atoms with E-state index in [1.54, 1.807) is 0 Å². The van der Waals surface area contributed by atoms with Gasteiger partial charge in [-0.25, -0.2) is 0 Å². The van der Waals surface area contributed by atoms with Crippen LogP contribution < -0.4 is 5.73 Å². The standard InChI is InChI=1S/C15H27F3N2/c1-11-5-7-20(12(2)8-11)14(10-19)6-3-4-13(9-14)15(16,17)18/h11-13H,3-10,19H2,1-2H3. The van der Waals surface area contributed by atoms with Crippen molar-refractivity contribution >= 4 is 0 Å². The minimum Gasteiger partial charge on any atom is -0.329 e. The van der Waals surface area contributed by atoms with Crippen molar-refractivity contribution in [1.82, 2.24) is 4.90 Å². The van der Waals surface area contributed by atoms with Crippen LogP contribution in [0.3, 0.4) is 0 Å². The molecule has 2 N–H and O–H groups in total. The van der Waals surface area contributed by atoms with Gasteiger partial charge in [0.2, 0.25) is 0 Å². The maximum atomic E-state index is 13.1. The van der Waals surface area contributed by atoms with Crippen molar-refractivity contribution in [3.63, 3.8) is 0 Å². The average Bonchev–Trinajstić information content (AvgIpc) is 2.37. The lowest BCUT2D eigenvalue weighted by atomic mass is 9.72. The van der Waals surface area contributed by atoms with Gasteiger partial charge in [0.1, 0.15) is 0 Å². The van der Waals surface area contributed by atoms with Crippen molar-refractivity contribution < 1.29 is 13.2 Å². The largest absolute Gasteiger partial charge is 0.391 e. The first-order valence-electron chi connectivity index (χ1n) is 7.82. The molecule has 5 heteroatoms. The molecule has 0 aromatic carbocycles. The van der Waals surface area contributed by atoms with Gasteiger partial charge < -0.3 is 5.73 Å². The Balaban J connectivity index is 2.16. The van der Waals surface area contributed by atoms with Gasteiger partial charge in [-0.3, -0.25) is 4.90 Å². The van der Waals surface area contributed by atoms with Crippen LogP contribution in [0.4, 0.5) is 13.2 Å². The van der Waals surface area contributed by atoms with E-state index in [9.17, 15) is 13.2 Å². The molecule has 2 fully saturated rings. The summed E-state index contributed by atoms with van der Waals surface area (Å²) in [6, 6.07) is 0.342. The molecule has 2 rings (SSSR count). The summed E-state index contributed by atoms with van der Waals surface area (Å²) in [6.07, 6.45) is -0.0289. The van der Waals surface area contributed by atoms with Gasteiger partial charge in [-0.1, -0.05) is 13.3 Å². The maximum Gasteiger partial charge on any atom is 0.391 e. The zero-order valence-electron chi connectivity index (χ0n) is 12.5. The molecule has 0 aromatic heterocycles. The van der Waals surface area contributed by atoms with Crippen LogP contribution in [-0.4, -0.2) is 35.7 Å². The van der Waals surface area contributed by atoms with Gasteiger partial charge in [-0.05, 0) is 51.5 Å². The molecule has 1 saturated carbocycles. The summed E-state index contributed by atoms with van der Waals surface area (Å²) in [4.78, 5) is 2.30. The van der Waals surface area contributed by atoms with Crippen LogP contribution >= 0.6 is 0 Å². The first-order chi connectivity index (χ1) is 9.28. The van der Waals surface area contributed by atoms with E-state index in [0.29, 0.717) is 24.9 Å². The molecule has 0 amide bonds. The van der Waals surface area contributed by atoms with Crippen LogP contribution in [0.1, 0.15) is 52.4 Å². The van der Waals surface area contributed by atoms with Crippen molar-refractivity contribution in [2.45, 2.75) is 70.1 Å². The molecule has 118 valence electrons. The monoisotopic (exact) mass is 292 g/mol. The molecule has 4 atom stereocenters.